The molecule has 0 aromatic heterocycles. The lowest BCUT2D eigenvalue weighted by Gasteiger charge is -2.31. The zero-order valence-electron chi connectivity index (χ0n) is 13.3. The zero-order chi connectivity index (χ0) is 20.6. The van der Waals surface area contributed by atoms with Crippen molar-refractivity contribution in [1.82, 2.24) is 0 Å². The average Bonchev–Trinajstić information content (AvgIpc) is 3.38. The summed E-state index contributed by atoms with van der Waals surface area (Å²) in [6.07, 6.45) is -13.4. The molecule has 0 amide bonds. The van der Waals surface area contributed by atoms with Crippen molar-refractivity contribution in [3.8, 4) is 5.75 Å². The van der Waals surface area contributed by atoms with Gasteiger partial charge in [-0.3, -0.25) is 0 Å². The summed E-state index contributed by atoms with van der Waals surface area (Å²) in [5.41, 5.74) is -5.85. The van der Waals surface area contributed by atoms with Gasteiger partial charge < -0.3 is 5.11 Å². The van der Waals surface area contributed by atoms with Gasteiger partial charge in [0.1, 0.15) is 0 Å². The van der Waals surface area contributed by atoms with Crippen LogP contribution >= 0.6 is 15.9 Å². The topological polar surface area (TPSA) is 20.2 Å². The molecule has 0 unspecified atom stereocenters. The van der Waals surface area contributed by atoms with Gasteiger partial charge in [-0.25, -0.2) is 4.39 Å². The van der Waals surface area contributed by atoms with Crippen molar-refractivity contribution < 1.29 is 44.6 Å². The van der Waals surface area contributed by atoms with E-state index in [1.54, 1.807) is 0 Å². The molecule has 2 fully saturated rings. The first-order valence-electron chi connectivity index (χ1n) is 7.81. The number of rotatable bonds is 4. The van der Waals surface area contributed by atoms with Gasteiger partial charge in [-0.15, -0.1) is 0 Å². The van der Waals surface area contributed by atoms with E-state index in [0.29, 0.717) is 6.07 Å². The summed E-state index contributed by atoms with van der Waals surface area (Å²) in [7, 11) is 0. The van der Waals surface area contributed by atoms with Crippen molar-refractivity contribution in [2.45, 2.75) is 61.2 Å². The first-order valence-corrected chi connectivity index (χ1v) is 8.61. The fourth-order valence-corrected chi connectivity index (χ4v) is 4.31. The monoisotopic (exact) mass is 470 g/mol. The van der Waals surface area contributed by atoms with Crippen molar-refractivity contribution in [3.05, 3.63) is 27.5 Å². The lowest BCUT2D eigenvalue weighted by atomic mass is 9.83. The number of aromatic hydroxyl groups is 1. The van der Waals surface area contributed by atoms with Gasteiger partial charge in [0, 0.05) is 11.0 Å². The molecule has 1 aromatic carbocycles. The molecule has 1 nitrogen and oxygen atoms in total. The Morgan fingerprint density at radius 3 is 1.81 bits per heavy atom. The van der Waals surface area contributed by atoms with Gasteiger partial charge in [0.2, 0.25) is 0 Å². The number of hydrogen-bond donors (Lipinski definition) is 1. The second-order valence-electron chi connectivity index (χ2n) is 7.17. The minimum Gasteiger partial charge on any atom is -0.505 e. The van der Waals surface area contributed by atoms with Gasteiger partial charge in [-0.2, -0.15) is 35.1 Å². The van der Waals surface area contributed by atoms with Crippen LogP contribution in [0.4, 0.5) is 39.5 Å². The molecule has 11 heteroatoms. The van der Waals surface area contributed by atoms with Crippen LogP contribution < -0.4 is 0 Å². The third-order valence-electron chi connectivity index (χ3n) is 5.37. The van der Waals surface area contributed by atoms with E-state index >= 15 is 0 Å². The van der Waals surface area contributed by atoms with Gasteiger partial charge in [0.05, 0.1) is 16.3 Å². The molecule has 0 spiro atoms. The van der Waals surface area contributed by atoms with Crippen molar-refractivity contribution in [2.75, 3.05) is 0 Å². The Labute approximate surface area is 155 Å². The minimum absolute atomic E-state index is 0.0303. The van der Waals surface area contributed by atoms with Crippen molar-refractivity contribution >= 4 is 15.9 Å². The van der Waals surface area contributed by atoms with E-state index in [1.165, 1.54) is 0 Å². The maximum Gasteiger partial charge on any atom is 0.454 e. The molecule has 2 saturated carbocycles. The Hall–Kier alpha value is -1.13. The molecule has 3 rings (SSSR count). The molecule has 1 aromatic rings. The fourth-order valence-electron chi connectivity index (χ4n) is 3.59. The standard InChI is InChI=1S/C16H12BrF9O/c17-9-7(12(1-2-12)6-14(19,20)21)5-8(11(27)10(9)18)13(3-4-13)15(22,23)16(24,25)26/h5,27H,1-4,6H2. The van der Waals surface area contributed by atoms with Gasteiger partial charge in [0.15, 0.2) is 11.6 Å². The molecule has 2 aliphatic rings. The number of halogens is 10. The molecule has 0 saturated heterocycles. The van der Waals surface area contributed by atoms with Crippen LogP contribution in [0.2, 0.25) is 0 Å². The molecule has 0 radical (unpaired) electrons. The van der Waals surface area contributed by atoms with E-state index in [2.05, 4.69) is 15.9 Å². The highest BCUT2D eigenvalue weighted by Gasteiger charge is 2.76. The molecular formula is C16H12BrF9O. The second-order valence-corrected chi connectivity index (χ2v) is 7.97. The Kier molecular flexibility index (Phi) is 4.35. The number of benzene rings is 1. The molecular weight excluding hydrogens is 459 g/mol. The normalized spacial score (nSPS) is 21.3. The van der Waals surface area contributed by atoms with Gasteiger partial charge in [0.25, 0.3) is 0 Å². The summed E-state index contributed by atoms with van der Waals surface area (Å²) in [5, 5.41) is 9.90. The minimum atomic E-state index is -5.96. The van der Waals surface area contributed by atoms with E-state index in [-0.39, 0.29) is 18.4 Å². The third-order valence-corrected chi connectivity index (χ3v) is 6.14. The SMILES string of the molecule is Oc1c(C2(C(F)(F)C(F)(F)F)CC2)cc(C2(CC(F)(F)F)CC2)c(Br)c1F. The largest absolute Gasteiger partial charge is 0.505 e. The lowest BCUT2D eigenvalue weighted by Crippen LogP contribution is -2.47. The Bertz CT molecular complexity index is 774. The Balaban J connectivity index is 2.16. The molecule has 27 heavy (non-hydrogen) atoms. The summed E-state index contributed by atoms with van der Waals surface area (Å²) in [4.78, 5) is 0. The van der Waals surface area contributed by atoms with Crippen LogP contribution in [0.25, 0.3) is 0 Å². The maximum atomic E-state index is 14.4. The van der Waals surface area contributed by atoms with Crippen LogP contribution in [-0.4, -0.2) is 23.4 Å². The van der Waals surface area contributed by atoms with Crippen LogP contribution in [0.3, 0.4) is 0 Å². The quantitative estimate of drug-likeness (QED) is 0.497. The van der Waals surface area contributed by atoms with E-state index in [9.17, 15) is 44.6 Å². The van der Waals surface area contributed by atoms with Gasteiger partial charge in [-0.05, 0) is 53.2 Å². The summed E-state index contributed by atoms with van der Waals surface area (Å²) in [6.45, 7) is 0. The molecule has 1 N–H and O–H groups in total. The number of phenols is 1. The summed E-state index contributed by atoms with van der Waals surface area (Å²) in [5.74, 6) is -8.22. The molecule has 0 heterocycles. The maximum absolute atomic E-state index is 14.4. The predicted molar refractivity (Wildman–Crippen MR) is 79.3 cm³/mol. The number of hydrogen-bond acceptors (Lipinski definition) is 1. The first-order chi connectivity index (χ1) is 12.1. The highest BCUT2D eigenvalue weighted by Crippen LogP contribution is 2.66. The molecule has 0 atom stereocenters. The zero-order valence-corrected chi connectivity index (χ0v) is 14.9. The van der Waals surface area contributed by atoms with Crippen LogP contribution in [0.15, 0.2) is 10.5 Å². The van der Waals surface area contributed by atoms with E-state index < -0.39 is 70.0 Å². The fraction of sp³-hybridized carbons (Fsp3) is 0.625. The number of phenolic OH excluding ortho intramolecular Hbond substituents is 1. The lowest BCUT2D eigenvalue weighted by molar-refractivity contribution is -0.296. The molecule has 2 aliphatic carbocycles. The van der Waals surface area contributed by atoms with Crippen LogP contribution in [-0.2, 0) is 10.8 Å². The van der Waals surface area contributed by atoms with E-state index in [4.69, 9.17) is 0 Å². The summed E-state index contributed by atoms with van der Waals surface area (Å²) < 4.78 is 119. The highest BCUT2D eigenvalue weighted by molar-refractivity contribution is 9.10. The summed E-state index contributed by atoms with van der Waals surface area (Å²) in [6, 6.07) is 0.674. The molecule has 0 aliphatic heterocycles. The average molecular weight is 471 g/mol. The molecule has 0 bridgehead atoms. The van der Waals surface area contributed by atoms with Crippen molar-refractivity contribution in [2.24, 2.45) is 0 Å². The Morgan fingerprint density at radius 1 is 0.926 bits per heavy atom. The van der Waals surface area contributed by atoms with Crippen molar-refractivity contribution in [1.29, 1.82) is 0 Å². The predicted octanol–water partition coefficient (Wildman–Crippen LogP) is 6.51. The second kappa shape index (κ2) is 5.70. The van der Waals surface area contributed by atoms with Gasteiger partial charge in [-0.1, -0.05) is 0 Å². The van der Waals surface area contributed by atoms with E-state index in [1.807, 2.05) is 0 Å². The third kappa shape index (κ3) is 3.09. The number of alkyl halides is 8. The first kappa shape index (κ1) is 20.6. The van der Waals surface area contributed by atoms with Crippen LogP contribution in [0.1, 0.15) is 43.2 Å². The smallest absolute Gasteiger partial charge is 0.454 e. The van der Waals surface area contributed by atoms with Gasteiger partial charge >= 0.3 is 18.3 Å². The van der Waals surface area contributed by atoms with E-state index in [0.717, 1.165) is 0 Å². The highest BCUT2D eigenvalue weighted by atomic mass is 79.9. The van der Waals surface area contributed by atoms with Crippen molar-refractivity contribution in [3.63, 3.8) is 0 Å². The molecule has 152 valence electrons. The van der Waals surface area contributed by atoms with Crippen LogP contribution in [0, 0.1) is 5.82 Å². The summed E-state index contributed by atoms with van der Waals surface area (Å²) >= 11 is 2.71. The Morgan fingerprint density at radius 2 is 1.44 bits per heavy atom. The van der Waals surface area contributed by atoms with Crippen LogP contribution in [0.5, 0.6) is 5.75 Å².